The number of hydrogen-bond donors (Lipinski definition) is 1. The third kappa shape index (κ3) is 6.15. The summed E-state index contributed by atoms with van der Waals surface area (Å²) in [4.78, 5) is 0. The summed E-state index contributed by atoms with van der Waals surface area (Å²) >= 11 is 2.11. The van der Waals surface area contributed by atoms with E-state index < -0.39 is 0 Å². The van der Waals surface area contributed by atoms with Crippen LogP contribution in [0.2, 0.25) is 0 Å². The molecule has 1 N–H and O–H groups in total. The monoisotopic (exact) mass is 257 g/mol. The Balaban J connectivity index is 2.35. The normalized spacial score (nSPS) is 29.8. The molecule has 0 aromatic heterocycles. The molecule has 0 aromatic rings. The smallest absolute Gasteiger partial charge is 0.00104 e. The molecule has 2 heteroatoms. The first-order chi connectivity index (χ1) is 8.13. The molecule has 1 aliphatic carbocycles. The van der Waals surface area contributed by atoms with Gasteiger partial charge in [-0.05, 0) is 55.1 Å². The summed E-state index contributed by atoms with van der Waals surface area (Å²) in [5.41, 5.74) is 0. The van der Waals surface area contributed by atoms with Gasteiger partial charge in [0.1, 0.15) is 0 Å². The maximum atomic E-state index is 3.64. The van der Waals surface area contributed by atoms with Gasteiger partial charge >= 0.3 is 0 Å². The topological polar surface area (TPSA) is 12.0 Å². The van der Waals surface area contributed by atoms with E-state index in [9.17, 15) is 0 Å². The minimum absolute atomic E-state index is 0.639. The highest BCUT2D eigenvalue weighted by Crippen LogP contribution is 2.36. The summed E-state index contributed by atoms with van der Waals surface area (Å²) in [5.74, 6) is 5.51. The lowest BCUT2D eigenvalue weighted by Crippen LogP contribution is -2.35. The highest BCUT2D eigenvalue weighted by atomic mass is 32.2. The van der Waals surface area contributed by atoms with Crippen molar-refractivity contribution in [2.75, 3.05) is 18.1 Å². The Morgan fingerprint density at radius 2 is 2.00 bits per heavy atom. The van der Waals surface area contributed by atoms with Gasteiger partial charge in [-0.25, -0.2) is 0 Å². The molecule has 0 radical (unpaired) electrons. The molecule has 1 aliphatic rings. The van der Waals surface area contributed by atoms with E-state index in [1.807, 2.05) is 0 Å². The lowest BCUT2D eigenvalue weighted by molar-refractivity contribution is 0.178. The lowest BCUT2D eigenvalue weighted by atomic mass is 9.73. The molecule has 0 aromatic carbocycles. The van der Waals surface area contributed by atoms with Crippen LogP contribution in [0.5, 0.6) is 0 Å². The largest absolute Gasteiger partial charge is 0.314 e. The molecule has 102 valence electrons. The second-order valence-corrected chi connectivity index (χ2v) is 7.38. The van der Waals surface area contributed by atoms with Crippen LogP contribution in [0.3, 0.4) is 0 Å². The molecule has 17 heavy (non-hydrogen) atoms. The van der Waals surface area contributed by atoms with Crippen molar-refractivity contribution in [1.29, 1.82) is 0 Å². The van der Waals surface area contributed by atoms with E-state index in [-0.39, 0.29) is 0 Å². The number of nitrogens with one attached hydrogen (secondary N) is 1. The van der Waals surface area contributed by atoms with Crippen molar-refractivity contribution in [3.8, 4) is 0 Å². The van der Waals surface area contributed by atoms with E-state index in [2.05, 4.69) is 44.8 Å². The van der Waals surface area contributed by atoms with Crippen LogP contribution in [-0.4, -0.2) is 24.1 Å². The van der Waals surface area contributed by atoms with Crippen LogP contribution < -0.4 is 5.32 Å². The predicted octanol–water partition coefficient (Wildman–Crippen LogP) is 4.18. The maximum absolute atomic E-state index is 3.64. The Morgan fingerprint density at radius 1 is 1.24 bits per heavy atom. The highest BCUT2D eigenvalue weighted by molar-refractivity contribution is 7.99. The van der Waals surface area contributed by atoms with Crippen molar-refractivity contribution in [2.45, 2.75) is 59.4 Å². The number of rotatable bonds is 7. The minimum atomic E-state index is 0.639. The lowest BCUT2D eigenvalue weighted by Gasteiger charge is -2.35. The van der Waals surface area contributed by atoms with E-state index in [1.54, 1.807) is 0 Å². The van der Waals surface area contributed by atoms with Gasteiger partial charge in [-0.15, -0.1) is 0 Å². The average Bonchev–Trinajstić information content (AvgIpc) is 2.28. The Morgan fingerprint density at radius 3 is 2.65 bits per heavy atom. The van der Waals surface area contributed by atoms with Crippen molar-refractivity contribution in [3.63, 3.8) is 0 Å². The Kier molecular flexibility index (Phi) is 7.61. The van der Waals surface area contributed by atoms with Crippen molar-refractivity contribution in [1.82, 2.24) is 5.32 Å². The van der Waals surface area contributed by atoms with Crippen LogP contribution in [0.4, 0.5) is 0 Å². The first-order valence-electron chi connectivity index (χ1n) is 7.44. The molecule has 3 atom stereocenters. The van der Waals surface area contributed by atoms with Gasteiger partial charge in [-0.3, -0.25) is 0 Å². The van der Waals surface area contributed by atoms with Crippen molar-refractivity contribution >= 4 is 11.8 Å². The molecule has 1 nitrogen and oxygen atoms in total. The first kappa shape index (κ1) is 15.4. The second-order valence-electron chi connectivity index (χ2n) is 5.99. The Labute approximate surface area is 113 Å². The summed E-state index contributed by atoms with van der Waals surface area (Å²) in [7, 11) is 0. The van der Waals surface area contributed by atoms with E-state index >= 15 is 0 Å². The van der Waals surface area contributed by atoms with Crippen molar-refractivity contribution in [3.05, 3.63) is 0 Å². The molecule has 1 rings (SSSR count). The van der Waals surface area contributed by atoms with Gasteiger partial charge < -0.3 is 5.32 Å². The van der Waals surface area contributed by atoms with Gasteiger partial charge in [0.05, 0.1) is 0 Å². The van der Waals surface area contributed by atoms with Crippen LogP contribution in [-0.2, 0) is 0 Å². The standard InChI is InChI=1S/C15H31NS/c1-5-17-9-8-14-10-13(4)6-7-15(14)11-16-12(2)3/h12-16H,5-11H2,1-4H3. The third-order valence-corrected chi connectivity index (χ3v) is 4.96. The fraction of sp³-hybridized carbons (Fsp3) is 1.00. The molecule has 3 unspecified atom stereocenters. The molecular weight excluding hydrogens is 226 g/mol. The molecule has 1 saturated carbocycles. The fourth-order valence-electron chi connectivity index (χ4n) is 2.95. The van der Waals surface area contributed by atoms with Crippen LogP contribution >= 0.6 is 11.8 Å². The van der Waals surface area contributed by atoms with Gasteiger partial charge in [-0.2, -0.15) is 11.8 Å². The van der Waals surface area contributed by atoms with Crippen LogP contribution in [0, 0.1) is 17.8 Å². The quantitative estimate of drug-likeness (QED) is 0.687. The van der Waals surface area contributed by atoms with Gasteiger partial charge in [0.15, 0.2) is 0 Å². The zero-order chi connectivity index (χ0) is 12.7. The molecular formula is C15H31NS. The Hall–Kier alpha value is 0.310. The fourth-order valence-corrected chi connectivity index (χ4v) is 3.71. The van der Waals surface area contributed by atoms with Crippen LogP contribution in [0.1, 0.15) is 53.4 Å². The number of hydrogen-bond acceptors (Lipinski definition) is 2. The summed E-state index contributed by atoms with van der Waals surface area (Å²) in [5, 5.41) is 3.64. The zero-order valence-corrected chi connectivity index (χ0v) is 13.0. The van der Waals surface area contributed by atoms with E-state index in [1.165, 1.54) is 43.7 Å². The molecule has 0 aliphatic heterocycles. The van der Waals surface area contributed by atoms with Gasteiger partial charge in [0.2, 0.25) is 0 Å². The second kappa shape index (κ2) is 8.42. The van der Waals surface area contributed by atoms with E-state index in [0.29, 0.717) is 6.04 Å². The maximum Gasteiger partial charge on any atom is 0.00104 e. The average molecular weight is 257 g/mol. The summed E-state index contributed by atoms with van der Waals surface area (Å²) < 4.78 is 0. The summed E-state index contributed by atoms with van der Waals surface area (Å²) in [6, 6.07) is 0.639. The van der Waals surface area contributed by atoms with Gasteiger partial charge in [0.25, 0.3) is 0 Å². The van der Waals surface area contributed by atoms with Crippen LogP contribution in [0.15, 0.2) is 0 Å². The summed E-state index contributed by atoms with van der Waals surface area (Å²) in [6.07, 6.45) is 5.80. The minimum Gasteiger partial charge on any atom is -0.314 e. The van der Waals surface area contributed by atoms with Gasteiger partial charge in [0, 0.05) is 6.04 Å². The number of thioether (sulfide) groups is 1. The van der Waals surface area contributed by atoms with E-state index in [4.69, 9.17) is 0 Å². The molecule has 1 fully saturated rings. The molecule has 0 heterocycles. The summed E-state index contributed by atoms with van der Waals surface area (Å²) in [6.45, 7) is 10.5. The van der Waals surface area contributed by atoms with Crippen molar-refractivity contribution in [2.24, 2.45) is 17.8 Å². The van der Waals surface area contributed by atoms with Crippen molar-refractivity contribution < 1.29 is 0 Å². The molecule has 0 saturated heterocycles. The molecule has 0 bridgehead atoms. The third-order valence-electron chi connectivity index (χ3n) is 4.03. The SMILES string of the molecule is CCSCCC1CC(C)CCC1CNC(C)C. The van der Waals surface area contributed by atoms with Gasteiger partial charge in [-0.1, -0.05) is 34.1 Å². The Bertz CT molecular complexity index is 193. The highest BCUT2D eigenvalue weighted by Gasteiger charge is 2.27. The van der Waals surface area contributed by atoms with Crippen LogP contribution in [0.25, 0.3) is 0 Å². The molecule has 0 amide bonds. The predicted molar refractivity (Wildman–Crippen MR) is 80.7 cm³/mol. The van der Waals surface area contributed by atoms with E-state index in [0.717, 1.165) is 17.8 Å². The molecule has 0 spiro atoms. The zero-order valence-electron chi connectivity index (χ0n) is 12.2. The first-order valence-corrected chi connectivity index (χ1v) is 8.60.